The van der Waals surface area contributed by atoms with E-state index in [0.717, 1.165) is 10.6 Å². The first kappa shape index (κ1) is 27.8. The highest BCUT2D eigenvalue weighted by molar-refractivity contribution is 8.45. The second-order valence-electron chi connectivity index (χ2n) is 8.70. The van der Waals surface area contributed by atoms with Gasteiger partial charge in [0.05, 0.1) is 38.4 Å². The number of aromatic nitrogens is 1. The average molecular weight is 568 g/mol. The molecule has 0 bridgehead atoms. The average Bonchev–Trinajstić information content (AvgIpc) is 3.15. The van der Waals surface area contributed by atoms with Crippen LogP contribution in [0.2, 0.25) is 0 Å². The first-order valence-corrected chi connectivity index (χ1v) is 13.7. The Labute approximate surface area is 214 Å². The Morgan fingerprint density at radius 3 is 2.29 bits per heavy atom. The molecular formula is C24H27F6N3O4S. The summed E-state index contributed by atoms with van der Waals surface area (Å²) in [5.74, 6) is -2.00. The monoisotopic (exact) mass is 567 g/mol. The molecular weight excluding hydrogens is 540 g/mol. The first-order chi connectivity index (χ1) is 17.6. The van der Waals surface area contributed by atoms with Crippen LogP contribution in [0.4, 0.5) is 35.3 Å². The highest BCUT2D eigenvalue weighted by Gasteiger charge is 2.65. The van der Waals surface area contributed by atoms with Crippen LogP contribution in [0.1, 0.15) is 24.2 Å². The van der Waals surface area contributed by atoms with E-state index >= 15 is 4.39 Å². The number of nitrogens with two attached hydrogens (primary N) is 1. The molecule has 38 heavy (non-hydrogen) atoms. The van der Waals surface area contributed by atoms with Crippen LogP contribution in [0.5, 0.6) is 11.5 Å². The van der Waals surface area contributed by atoms with Crippen LogP contribution >= 0.6 is 10.2 Å². The van der Waals surface area contributed by atoms with Crippen molar-refractivity contribution in [3.63, 3.8) is 0 Å². The molecule has 0 atom stereocenters. The molecule has 210 valence electrons. The smallest absolute Gasteiger partial charge is 0.310 e. The Morgan fingerprint density at radius 1 is 1.03 bits per heavy atom. The third kappa shape index (κ3) is 5.60. The van der Waals surface area contributed by atoms with E-state index in [2.05, 4.69) is 0 Å². The van der Waals surface area contributed by atoms with Gasteiger partial charge in [-0.05, 0) is 38.1 Å². The van der Waals surface area contributed by atoms with Crippen molar-refractivity contribution in [2.24, 2.45) is 0 Å². The van der Waals surface area contributed by atoms with Gasteiger partial charge >= 0.3 is 10.2 Å². The third-order valence-electron chi connectivity index (χ3n) is 6.02. The van der Waals surface area contributed by atoms with Gasteiger partial charge in [0.1, 0.15) is 10.7 Å². The molecule has 1 aromatic heterocycles. The second-order valence-corrected chi connectivity index (χ2v) is 11.1. The highest BCUT2D eigenvalue weighted by Crippen LogP contribution is 3.02. The van der Waals surface area contributed by atoms with Crippen molar-refractivity contribution in [2.45, 2.75) is 25.3 Å². The minimum Gasteiger partial charge on any atom is -0.490 e. The standard InChI is InChI=1S/C24H27F6N3O4S/c1-3-36-20-11-16-13-33(24(31)21(16)22(25)23(20)37-4-2)14-19(34)15-9-17(32-5-7-35-8-6-32)12-18(10-15)38(26,27,28,29)30/h9-13H,3-8,14,31H2,1-2H3. The number of benzene rings is 2. The van der Waals surface area contributed by atoms with Crippen LogP contribution in [-0.4, -0.2) is 49.9 Å². The minimum absolute atomic E-state index is 0.0699. The molecule has 2 N–H and O–H groups in total. The summed E-state index contributed by atoms with van der Waals surface area (Å²) in [6.45, 7) is 3.78. The quantitative estimate of drug-likeness (QED) is 0.234. The lowest BCUT2D eigenvalue weighted by Gasteiger charge is -2.41. The van der Waals surface area contributed by atoms with Gasteiger partial charge in [0.25, 0.3) is 0 Å². The number of hydrogen-bond donors (Lipinski definition) is 1. The lowest BCUT2D eigenvalue weighted by atomic mass is 10.1. The molecule has 4 rings (SSSR count). The number of ether oxygens (including phenoxy) is 3. The number of anilines is 2. The van der Waals surface area contributed by atoms with E-state index in [1.807, 2.05) is 0 Å². The van der Waals surface area contributed by atoms with E-state index in [1.54, 1.807) is 13.8 Å². The fourth-order valence-electron chi connectivity index (χ4n) is 4.26. The fourth-order valence-corrected chi connectivity index (χ4v) is 4.95. The number of hydrogen-bond acceptors (Lipinski definition) is 6. The number of halogens is 6. The molecule has 0 amide bonds. The molecule has 1 fully saturated rings. The Bertz CT molecular complexity index is 1390. The molecule has 0 radical (unpaired) electrons. The number of Topliss-reactive ketones (excluding diaryl/α,β-unsaturated/α-hetero) is 1. The van der Waals surface area contributed by atoms with Crippen LogP contribution in [0.25, 0.3) is 10.8 Å². The molecule has 1 saturated heterocycles. The summed E-state index contributed by atoms with van der Waals surface area (Å²) in [6, 6.07) is 3.09. The van der Waals surface area contributed by atoms with E-state index in [0.29, 0.717) is 6.07 Å². The number of carbonyl (C=O) groups is 1. The van der Waals surface area contributed by atoms with Crippen molar-refractivity contribution >= 4 is 38.3 Å². The number of carbonyl (C=O) groups excluding carboxylic acids is 1. The number of fused-ring (bicyclic) bond motifs is 1. The summed E-state index contributed by atoms with van der Waals surface area (Å²) >= 11 is 0. The van der Waals surface area contributed by atoms with E-state index in [1.165, 1.54) is 17.2 Å². The van der Waals surface area contributed by atoms with E-state index in [-0.39, 0.29) is 79.4 Å². The third-order valence-corrected chi connectivity index (χ3v) is 7.14. The first-order valence-electron chi connectivity index (χ1n) is 11.7. The molecule has 2 aromatic carbocycles. The number of rotatable bonds is 9. The number of ketones is 1. The predicted molar refractivity (Wildman–Crippen MR) is 134 cm³/mol. The largest absolute Gasteiger partial charge is 0.490 e. The predicted octanol–water partition coefficient (Wildman–Crippen LogP) is 6.54. The molecule has 1 aliphatic heterocycles. The van der Waals surface area contributed by atoms with Crippen LogP contribution in [0.3, 0.4) is 0 Å². The number of morpholine rings is 1. The summed E-state index contributed by atoms with van der Waals surface area (Å²) < 4.78 is 101. The van der Waals surface area contributed by atoms with Gasteiger partial charge in [-0.1, -0.05) is 19.4 Å². The summed E-state index contributed by atoms with van der Waals surface area (Å²) in [7, 11) is -10.1. The van der Waals surface area contributed by atoms with Gasteiger partial charge in [-0.25, -0.2) is 4.39 Å². The topological polar surface area (TPSA) is 79.0 Å². The SMILES string of the molecule is CCOc1cc2cn(CC(=O)c3cc(N4CCOCC4)cc(S(F)(F)(F)(F)F)c3)c(N)c2c(F)c1OCC. The van der Waals surface area contributed by atoms with E-state index in [4.69, 9.17) is 19.9 Å². The Balaban J connectivity index is 1.77. The summed E-state index contributed by atoms with van der Waals surface area (Å²) in [5.41, 5.74) is 5.34. The molecule has 2 heterocycles. The van der Waals surface area contributed by atoms with Crippen LogP contribution in [0, 0.1) is 5.82 Å². The lowest BCUT2D eigenvalue weighted by molar-refractivity contribution is 0.0972. The fraction of sp³-hybridized carbons (Fsp3) is 0.375. The summed E-state index contributed by atoms with van der Waals surface area (Å²) in [6.07, 6.45) is 1.33. The van der Waals surface area contributed by atoms with Gasteiger partial charge in [-0.3, -0.25) is 4.79 Å². The molecule has 14 heteroatoms. The zero-order valence-electron chi connectivity index (χ0n) is 20.6. The minimum atomic E-state index is -10.1. The van der Waals surface area contributed by atoms with Gasteiger partial charge in [0.15, 0.2) is 23.1 Å². The molecule has 0 unspecified atom stereocenters. The molecule has 7 nitrogen and oxygen atoms in total. The van der Waals surface area contributed by atoms with Crippen LogP contribution < -0.4 is 20.1 Å². The van der Waals surface area contributed by atoms with E-state index in [9.17, 15) is 24.2 Å². The normalized spacial score (nSPS) is 16.3. The molecule has 1 aliphatic rings. The van der Waals surface area contributed by atoms with E-state index < -0.39 is 38.8 Å². The highest BCUT2D eigenvalue weighted by atomic mass is 32.5. The molecule has 0 spiro atoms. The maximum absolute atomic E-state index is 15.3. The number of nitrogens with zero attached hydrogens (tertiary/aromatic N) is 2. The molecule has 3 aromatic rings. The van der Waals surface area contributed by atoms with Gasteiger partial charge in [0.2, 0.25) is 0 Å². The zero-order chi connectivity index (χ0) is 27.9. The van der Waals surface area contributed by atoms with Crippen molar-refractivity contribution in [3.05, 3.63) is 41.8 Å². The number of nitrogen functional groups attached to an aromatic ring is 1. The van der Waals surface area contributed by atoms with Crippen molar-refractivity contribution in [3.8, 4) is 11.5 Å². The lowest BCUT2D eigenvalue weighted by Crippen LogP contribution is -2.36. The Morgan fingerprint density at radius 2 is 1.68 bits per heavy atom. The van der Waals surface area contributed by atoms with Crippen LogP contribution in [0.15, 0.2) is 35.4 Å². The van der Waals surface area contributed by atoms with Gasteiger partial charge in [-0.15, -0.1) is 0 Å². The molecule has 0 aliphatic carbocycles. The van der Waals surface area contributed by atoms with Crippen molar-refractivity contribution < 1.29 is 42.8 Å². The Kier molecular flexibility index (Phi) is 6.71. The Hall–Kier alpha value is -3.26. The van der Waals surface area contributed by atoms with Crippen molar-refractivity contribution in [2.75, 3.05) is 50.2 Å². The maximum Gasteiger partial charge on any atom is 0.310 e. The van der Waals surface area contributed by atoms with Crippen molar-refractivity contribution in [1.29, 1.82) is 0 Å². The summed E-state index contributed by atoms with van der Waals surface area (Å²) in [4.78, 5) is 12.4. The second kappa shape index (κ2) is 9.19. The van der Waals surface area contributed by atoms with Gasteiger partial charge in [0, 0.05) is 35.9 Å². The van der Waals surface area contributed by atoms with Gasteiger partial charge < -0.3 is 29.4 Å². The zero-order valence-corrected chi connectivity index (χ0v) is 21.4. The maximum atomic E-state index is 15.3. The summed E-state index contributed by atoms with van der Waals surface area (Å²) in [5, 5.41) is 0.189. The van der Waals surface area contributed by atoms with Crippen LogP contribution in [-0.2, 0) is 11.3 Å². The van der Waals surface area contributed by atoms with Gasteiger partial charge in [-0.2, -0.15) is 0 Å². The molecule has 0 saturated carbocycles. The van der Waals surface area contributed by atoms with Crippen molar-refractivity contribution in [1.82, 2.24) is 4.57 Å².